The summed E-state index contributed by atoms with van der Waals surface area (Å²) < 4.78 is 5.39. The average molecular weight is 398 g/mol. The van der Waals surface area contributed by atoms with Crippen LogP contribution in [0.4, 0.5) is 0 Å². The van der Waals surface area contributed by atoms with Crippen LogP contribution in [0.2, 0.25) is 0 Å². The molecule has 142 valence electrons. The van der Waals surface area contributed by atoms with Gasteiger partial charge in [0.25, 0.3) is 0 Å². The largest absolute Gasteiger partial charge is 0.461 e. The summed E-state index contributed by atoms with van der Waals surface area (Å²) in [6, 6.07) is 3.69. The molecule has 3 rings (SSSR count). The van der Waals surface area contributed by atoms with E-state index in [1.807, 2.05) is 29.1 Å². The molecule has 2 saturated heterocycles. The first-order chi connectivity index (χ1) is 12.5. The van der Waals surface area contributed by atoms with E-state index in [1.54, 1.807) is 36.9 Å². The molecular formula is C18H25N2O4S2+. The Hall–Kier alpha value is -1.38. The van der Waals surface area contributed by atoms with E-state index in [2.05, 4.69) is 0 Å². The minimum absolute atomic E-state index is 0.160. The van der Waals surface area contributed by atoms with Gasteiger partial charge in [-0.25, -0.2) is 4.79 Å². The second kappa shape index (κ2) is 7.70. The molecule has 0 aromatic carbocycles. The van der Waals surface area contributed by atoms with Crippen LogP contribution in [0, 0.1) is 11.8 Å². The average Bonchev–Trinajstić information content (AvgIpc) is 3.31. The standard InChI is InChI=1S/C18H24N2O4S2/c1-4-20-15(21)12-13(16(20)22)18(8-10-25-3,17(23)24-5-2)19-14(12)11-7-6-9-26-11/h6-7,9,12-14,19H,4-5,8,10H2,1-3H3/p+1/t12-,13-,14+,18+/m0/s1. The molecule has 6 nitrogen and oxygen atoms in total. The van der Waals surface area contributed by atoms with Crippen molar-refractivity contribution in [2.45, 2.75) is 31.8 Å². The van der Waals surface area contributed by atoms with Gasteiger partial charge in [0.2, 0.25) is 17.4 Å². The number of rotatable bonds is 7. The summed E-state index contributed by atoms with van der Waals surface area (Å²) >= 11 is 3.19. The lowest BCUT2D eigenvalue weighted by Crippen LogP contribution is -2.98. The van der Waals surface area contributed by atoms with Gasteiger partial charge in [0.1, 0.15) is 17.9 Å². The third-order valence-corrected chi connectivity index (χ3v) is 7.01. The monoisotopic (exact) mass is 397 g/mol. The van der Waals surface area contributed by atoms with Crippen LogP contribution in [0.3, 0.4) is 0 Å². The molecule has 2 N–H and O–H groups in total. The van der Waals surface area contributed by atoms with Crippen LogP contribution in [-0.2, 0) is 19.1 Å². The van der Waals surface area contributed by atoms with Crippen molar-refractivity contribution >= 4 is 40.9 Å². The molecule has 0 spiro atoms. The Bertz CT molecular complexity index is 693. The zero-order valence-electron chi connectivity index (χ0n) is 15.3. The summed E-state index contributed by atoms with van der Waals surface area (Å²) in [6.07, 6.45) is 2.48. The molecular weight excluding hydrogens is 372 g/mol. The number of thioether (sulfide) groups is 1. The SMILES string of the molecule is CCOC(=O)[C@]1(CCSC)[NH2+][C@H](c2cccs2)[C@H]2C(=O)N(CC)C(=O)[C@H]21. The Morgan fingerprint density at radius 1 is 1.38 bits per heavy atom. The summed E-state index contributed by atoms with van der Waals surface area (Å²) in [6.45, 7) is 4.16. The fourth-order valence-electron chi connectivity index (χ4n) is 4.31. The van der Waals surface area contributed by atoms with Crippen molar-refractivity contribution in [3.8, 4) is 0 Å². The molecule has 0 bridgehead atoms. The van der Waals surface area contributed by atoms with Crippen molar-refractivity contribution in [1.82, 2.24) is 4.90 Å². The van der Waals surface area contributed by atoms with Gasteiger partial charge in [-0.15, -0.1) is 11.3 Å². The number of likely N-dealkylation sites (tertiary alicyclic amines) is 1. The molecule has 0 unspecified atom stereocenters. The molecule has 2 aliphatic rings. The summed E-state index contributed by atoms with van der Waals surface area (Å²) in [5.74, 6) is -1.20. The quantitative estimate of drug-likeness (QED) is 0.549. The molecule has 26 heavy (non-hydrogen) atoms. The second-order valence-corrected chi connectivity index (χ2v) is 8.60. The zero-order chi connectivity index (χ0) is 18.9. The number of nitrogens with two attached hydrogens (primary N) is 1. The van der Waals surface area contributed by atoms with E-state index < -0.39 is 17.4 Å². The number of carbonyl (C=O) groups excluding carboxylic acids is 3. The number of ether oxygens (including phenoxy) is 1. The molecule has 0 aliphatic carbocycles. The number of hydrogen-bond acceptors (Lipinski definition) is 6. The number of esters is 1. The van der Waals surface area contributed by atoms with E-state index in [-0.39, 0.29) is 30.4 Å². The maximum absolute atomic E-state index is 13.1. The molecule has 1 aromatic heterocycles. The highest BCUT2D eigenvalue weighted by atomic mass is 32.2. The van der Waals surface area contributed by atoms with Crippen molar-refractivity contribution < 1.29 is 24.4 Å². The predicted molar refractivity (Wildman–Crippen MR) is 101 cm³/mol. The Morgan fingerprint density at radius 3 is 2.73 bits per heavy atom. The number of carbonyl (C=O) groups is 3. The first-order valence-electron chi connectivity index (χ1n) is 8.92. The predicted octanol–water partition coefficient (Wildman–Crippen LogP) is 1.04. The topological polar surface area (TPSA) is 80.3 Å². The maximum Gasteiger partial charge on any atom is 0.368 e. The molecule has 4 atom stereocenters. The van der Waals surface area contributed by atoms with Crippen LogP contribution in [0.5, 0.6) is 0 Å². The summed E-state index contributed by atoms with van der Waals surface area (Å²) in [5, 5.41) is 3.91. The number of amides is 2. The van der Waals surface area contributed by atoms with Crippen LogP contribution >= 0.6 is 23.1 Å². The second-order valence-electron chi connectivity index (χ2n) is 6.64. The third-order valence-electron chi connectivity index (χ3n) is 5.42. The Labute approximate surface area is 161 Å². The number of imide groups is 1. The first-order valence-corrected chi connectivity index (χ1v) is 11.2. The number of thiophene rings is 1. The summed E-state index contributed by atoms with van der Waals surface area (Å²) in [4.78, 5) is 41.5. The van der Waals surface area contributed by atoms with Gasteiger partial charge in [0.15, 0.2) is 0 Å². The lowest BCUT2D eigenvalue weighted by molar-refractivity contribution is -0.734. The molecule has 1 aromatic rings. The van der Waals surface area contributed by atoms with Gasteiger partial charge in [-0.05, 0) is 37.3 Å². The first kappa shape index (κ1) is 19.4. The van der Waals surface area contributed by atoms with Crippen LogP contribution < -0.4 is 5.32 Å². The van der Waals surface area contributed by atoms with E-state index in [4.69, 9.17) is 4.74 Å². The van der Waals surface area contributed by atoms with E-state index >= 15 is 0 Å². The van der Waals surface area contributed by atoms with Crippen molar-refractivity contribution in [2.75, 3.05) is 25.2 Å². The van der Waals surface area contributed by atoms with Gasteiger partial charge >= 0.3 is 5.97 Å². The lowest BCUT2D eigenvalue weighted by atomic mass is 9.78. The molecule has 0 radical (unpaired) electrons. The summed E-state index contributed by atoms with van der Waals surface area (Å²) in [7, 11) is 0. The van der Waals surface area contributed by atoms with Crippen LogP contribution in [-0.4, -0.2) is 53.4 Å². The van der Waals surface area contributed by atoms with Crippen LogP contribution in [0.15, 0.2) is 17.5 Å². The fraction of sp³-hybridized carbons (Fsp3) is 0.611. The lowest BCUT2D eigenvalue weighted by Gasteiger charge is -2.29. The third kappa shape index (κ3) is 2.88. The van der Waals surface area contributed by atoms with Crippen molar-refractivity contribution in [2.24, 2.45) is 11.8 Å². The van der Waals surface area contributed by atoms with Gasteiger partial charge in [0, 0.05) is 13.0 Å². The highest BCUT2D eigenvalue weighted by Gasteiger charge is 2.72. The highest BCUT2D eigenvalue weighted by molar-refractivity contribution is 7.98. The zero-order valence-corrected chi connectivity index (χ0v) is 16.9. The molecule has 2 aliphatic heterocycles. The fourth-order valence-corrected chi connectivity index (χ4v) is 5.69. The van der Waals surface area contributed by atoms with E-state index in [9.17, 15) is 14.4 Å². The van der Waals surface area contributed by atoms with Crippen LogP contribution in [0.25, 0.3) is 0 Å². The van der Waals surface area contributed by atoms with Crippen LogP contribution in [0.1, 0.15) is 31.2 Å². The molecule has 2 amide bonds. The smallest absolute Gasteiger partial charge is 0.368 e. The van der Waals surface area contributed by atoms with Crippen molar-refractivity contribution in [1.29, 1.82) is 0 Å². The minimum Gasteiger partial charge on any atom is -0.461 e. The molecule has 2 fully saturated rings. The Balaban J connectivity index is 2.10. The van der Waals surface area contributed by atoms with Gasteiger partial charge < -0.3 is 10.1 Å². The number of fused-ring (bicyclic) bond motifs is 1. The van der Waals surface area contributed by atoms with Crippen molar-refractivity contribution in [3.63, 3.8) is 0 Å². The summed E-state index contributed by atoms with van der Waals surface area (Å²) in [5.41, 5.74) is -1.03. The molecule has 0 saturated carbocycles. The Morgan fingerprint density at radius 2 is 2.15 bits per heavy atom. The maximum atomic E-state index is 13.1. The number of quaternary nitrogens is 1. The van der Waals surface area contributed by atoms with Crippen molar-refractivity contribution in [3.05, 3.63) is 22.4 Å². The number of hydrogen-bond donors (Lipinski definition) is 1. The minimum atomic E-state index is -1.03. The highest BCUT2D eigenvalue weighted by Crippen LogP contribution is 2.46. The van der Waals surface area contributed by atoms with Gasteiger partial charge in [-0.3, -0.25) is 14.5 Å². The van der Waals surface area contributed by atoms with E-state index in [0.29, 0.717) is 13.0 Å². The van der Waals surface area contributed by atoms with Gasteiger partial charge in [0.05, 0.1) is 11.5 Å². The number of nitrogens with zero attached hydrogens (tertiary/aromatic N) is 1. The van der Waals surface area contributed by atoms with E-state index in [1.165, 1.54) is 4.90 Å². The molecule has 8 heteroatoms. The molecule has 3 heterocycles. The van der Waals surface area contributed by atoms with E-state index in [0.717, 1.165) is 10.6 Å². The van der Waals surface area contributed by atoms with Gasteiger partial charge in [-0.2, -0.15) is 11.8 Å². The van der Waals surface area contributed by atoms with Gasteiger partial charge in [-0.1, -0.05) is 6.07 Å². The Kier molecular flexibility index (Phi) is 5.74. The normalized spacial score (nSPS) is 30.7.